The van der Waals surface area contributed by atoms with Gasteiger partial charge in [-0.2, -0.15) is 10.4 Å². The van der Waals surface area contributed by atoms with Gasteiger partial charge in [-0.25, -0.2) is 0 Å². The van der Waals surface area contributed by atoms with Gasteiger partial charge in [-0.1, -0.05) is 0 Å². The lowest BCUT2D eigenvalue weighted by atomic mass is 10.2. The fourth-order valence-electron chi connectivity index (χ4n) is 1.65. The average molecular weight is 242 g/mol. The maximum absolute atomic E-state index is 8.82. The highest BCUT2D eigenvalue weighted by Gasteiger charge is 2.05. The summed E-state index contributed by atoms with van der Waals surface area (Å²) in [5, 5.41) is 16.3. The number of rotatable bonds is 4. The van der Waals surface area contributed by atoms with Crippen LogP contribution < -0.4 is 10.1 Å². The molecule has 1 aromatic heterocycles. The molecule has 18 heavy (non-hydrogen) atoms. The van der Waals surface area contributed by atoms with E-state index < -0.39 is 0 Å². The molecule has 0 atom stereocenters. The van der Waals surface area contributed by atoms with Crippen LogP contribution in [0.25, 0.3) is 0 Å². The van der Waals surface area contributed by atoms with Crippen molar-refractivity contribution in [2.24, 2.45) is 7.05 Å². The van der Waals surface area contributed by atoms with Gasteiger partial charge in [-0.3, -0.25) is 4.68 Å². The normalized spacial score (nSPS) is 9.83. The van der Waals surface area contributed by atoms with Gasteiger partial charge in [0.05, 0.1) is 36.7 Å². The summed E-state index contributed by atoms with van der Waals surface area (Å²) in [4.78, 5) is 0. The molecule has 0 fully saturated rings. The number of hydrogen-bond donors (Lipinski definition) is 1. The molecule has 1 N–H and O–H groups in total. The number of nitriles is 1. The van der Waals surface area contributed by atoms with E-state index in [1.54, 1.807) is 23.9 Å². The van der Waals surface area contributed by atoms with Crippen LogP contribution in [0.1, 0.15) is 11.3 Å². The van der Waals surface area contributed by atoms with Crippen LogP contribution in [0.5, 0.6) is 5.75 Å². The highest BCUT2D eigenvalue weighted by Crippen LogP contribution is 2.25. The second-order valence-corrected chi connectivity index (χ2v) is 3.86. The lowest BCUT2D eigenvalue weighted by Crippen LogP contribution is -2.03. The van der Waals surface area contributed by atoms with Gasteiger partial charge in [0, 0.05) is 19.3 Å². The summed E-state index contributed by atoms with van der Waals surface area (Å²) in [5.74, 6) is 0.657. The Bertz CT molecular complexity index is 583. The molecule has 2 aromatic rings. The fraction of sp³-hybridized carbons (Fsp3) is 0.231. The molecule has 2 rings (SSSR count). The molecule has 0 unspecified atom stereocenters. The van der Waals surface area contributed by atoms with Crippen molar-refractivity contribution in [3.05, 3.63) is 41.7 Å². The van der Waals surface area contributed by atoms with Crippen LogP contribution in [0.15, 0.2) is 30.5 Å². The Morgan fingerprint density at radius 1 is 1.44 bits per heavy atom. The van der Waals surface area contributed by atoms with E-state index >= 15 is 0 Å². The van der Waals surface area contributed by atoms with Crippen molar-refractivity contribution in [3.63, 3.8) is 0 Å². The Morgan fingerprint density at radius 2 is 2.28 bits per heavy atom. The van der Waals surface area contributed by atoms with Crippen LogP contribution >= 0.6 is 0 Å². The number of benzene rings is 1. The number of nitrogens with one attached hydrogen (secondary N) is 1. The Morgan fingerprint density at radius 3 is 2.89 bits per heavy atom. The first-order chi connectivity index (χ1) is 8.72. The Labute approximate surface area is 106 Å². The number of hydrogen-bond acceptors (Lipinski definition) is 4. The Hall–Kier alpha value is -2.48. The first kappa shape index (κ1) is 12.0. The molecule has 92 valence electrons. The quantitative estimate of drug-likeness (QED) is 0.889. The number of nitrogens with zero attached hydrogens (tertiary/aromatic N) is 3. The molecule has 0 spiro atoms. The van der Waals surface area contributed by atoms with Gasteiger partial charge < -0.3 is 10.1 Å². The topological polar surface area (TPSA) is 62.9 Å². The summed E-state index contributed by atoms with van der Waals surface area (Å²) < 4.78 is 7.00. The van der Waals surface area contributed by atoms with Crippen molar-refractivity contribution in [1.82, 2.24) is 9.78 Å². The minimum Gasteiger partial charge on any atom is -0.495 e. The van der Waals surface area contributed by atoms with Crippen molar-refractivity contribution >= 4 is 5.69 Å². The van der Waals surface area contributed by atoms with Crippen LogP contribution in [0.4, 0.5) is 5.69 Å². The number of methoxy groups -OCH3 is 1. The number of anilines is 1. The van der Waals surface area contributed by atoms with Gasteiger partial charge in [0.15, 0.2) is 0 Å². The van der Waals surface area contributed by atoms with E-state index in [0.29, 0.717) is 17.9 Å². The molecule has 0 aliphatic rings. The fourth-order valence-corrected chi connectivity index (χ4v) is 1.65. The standard InChI is InChI=1S/C13H14N4O/c1-17-6-5-11(16-17)9-15-12-4-3-10(8-14)7-13(12)18-2/h3-7,15H,9H2,1-2H3. The van der Waals surface area contributed by atoms with Gasteiger partial charge in [-0.05, 0) is 18.2 Å². The molecule has 1 heterocycles. The number of aromatic nitrogens is 2. The summed E-state index contributed by atoms with van der Waals surface area (Å²) in [5.41, 5.74) is 2.38. The van der Waals surface area contributed by atoms with Gasteiger partial charge >= 0.3 is 0 Å². The number of aryl methyl sites for hydroxylation is 1. The lowest BCUT2D eigenvalue weighted by Gasteiger charge is -2.10. The van der Waals surface area contributed by atoms with Crippen molar-refractivity contribution in [2.75, 3.05) is 12.4 Å². The Kier molecular flexibility index (Phi) is 3.49. The van der Waals surface area contributed by atoms with Crippen LogP contribution in [0, 0.1) is 11.3 Å². The molecule has 0 bridgehead atoms. The number of ether oxygens (including phenoxy) is 1. The highest BCUT2D eigenvalue weighted by molar-refractivity contribution is 5.59. The van der Waals surface area contributed by atoms with E-state index in [1.165, 1.54) is 0 Å². The summed E-state index contributed by atoms with van der Waals surface area (Å²) in [7, 11) is 3.47. The zero-order valence-electron chi connectivity index (χ0n) is 10.3. The molecule has 0 saturated carbocycles. The van der Waals surface area contributed by atoms with Crippen LogP contribution in [0.3, 0.4) is 0 Å². The second-order valence-electron chi connectivity index (χ2n) is 3.86. The molecule has 0 aliphatic heterocycles. The van der Waals surface area contributed by atoms with Crippen molar-refractivity contribution in [2.45, 2.75) is 6.54 Å². The molecular weight excluding hydrogens is 228 g/mol. The molecule has 0 amide bonds. The van der Waals surface area contributed by atoms with E-state index in [9.17, 15) is 0 Å². The smallest absolute Gasteiger partial charge is 0.143 e. The monoisotopic (exact) mass is 242 g/mol. The van der Waals surface area contributed by atoms with E-state index in [-0.39, 0.29) is 0 Å². The molecule has 0 saturated heterocycles. The second kappa shape index (κ2) is 5.23. The maximum Gasteiger partial charge on any atom is 0.143 e. The van der Waals surface area contributed by atoms with Gasteiger partial charge in [0.2, 0.25) is 0 Å². The molecule has 0 aliphatic carbocycles. The first-order valence-electron chi connectivity index (χ1n) is 5.53. The van der Waals surface area contributed by atoms with E-state index in [0.717, 1.165) is 11.4 Å². The van der Waals surface area contributed by atoms with Crippen molar-refractivity contribution < 1.29 is 4.74 Å². The SMILES string of the molecule is COc1cc(C#N)ccc1NCc1ccn(C)n1. The summed E-state index contributed by atoms with van der Waals surface area (Å²) in [6.07, 6.45) is 1.90. The third kappa shape index (κ3) is 2.61. The summed E-state index contributed by atoms with van der Waals surface area (Å²) in [6, 6.07) is 9.33. The van der Waals surface area contributed by atoms with E-state index in [4.69, 9.17) is 10.00 Å². The van der Waals surface area contributed by atoms with E-state index in [2.05, 4.69) is 16.5 Å². The zero-order chi connectivity index (χ0) is 13.0. The van der Waals surface area contributed by atoms with E-state index in [1.807, 2.05) is 25.4 Å². The molecule has 0 radical (unpaired) electrons. The largest absolute Gasteiger partial charge is 0.495 e. The van der Waals surface area contributed by atoms with Crippen LogP contribution in [-0.4, -0.2) is 16.9 Å². The average Bonchev–Trinajstić information content (AvgIpc) is 2.82. The maximum atomic E-state index is 8.82. The zero-order valence-corrected chi connectivity index (χ0v) is 10.3. The first-order valence-corrected chi connectivity index (χ1v) is 5.53. The Balaban J connectivity index is 2.12. The van der Waals surface area contributed by atoms with Crippen molar-refractivity contribution in [3.8, 4) is 11.8 Å². The minimum atomic E-state index is 0.579. The molecule has 5 nitrogen and oxygen atoms in total. The predicted octanol–water partition coefficient (Wildman–Crippen LogP) is 1.91. The molecule has 1 aromatic carbocycles. The van der Waals surface area contributed by atoms with Crippen LogP contribution in [0.2, 0.25) is 0 Å². The van der Waals surface area contributed by atoms with Gasteiger partial charge in [-0.15, -0.1) is 0 Å². The van der Waals surface area contributed by atoms with Gasteiger partial charge in [0.25, 0.3) is 0 Å². The molecule has 5 heteroatoms. The summed E-state index contributed by atoms with van der Waals surface area (Å²) in [6.45, 7) is 0.614. The lowest BCUT2D eigenvalue weighted by molar-refractivity contribution is 0.416. The third-order valence-corrected chi connectivity index (χ3v) is 2.56. The van der Waals surface area contributed by atoms with Crippen molar-refractivity contribution in [1.29, 1.82) is 5.26 Å². The molecular formula is C13H14N4O. The van der Waals surface area contributed by atoms with Crippen LogP contribution in [-0.2, 0) is 13.6 Å². The highest BCUT2D eigenvalue weighted by atomic mass is 16.5. The summed E-state index contributed by atoms with van der Waals surface area (Å²) >= 11 is 0. The third-order valence-electron chi connectivity index (χ3n) is 2.56. The predicted molar refractivity (Wildman–Crippen MR) is 68.2 cm³/mol. The minimum absolute atomic E-state index is 0.579. The van der Waals surface area contributed by atoms with Gasteiger partial charge in [0.1, 0.15) is 5.75 Å².